The maximum absolute atomic E-state index is 12.2. The molecule has 3 rings (SSSR count). The van der Waals surface area contributed by atoms with Crippen LogP contribution in [0.15, 0.2) is 42.5 Å². The van der Waals surface area contributed by atoms with Gasteiger partial charge in [-0.3, -0.25) is 9.59 Å². The lowest BCUT2D eigenvalue weighted by atomic mass is 9.99. The van der Waals surface area contributed by atoms with E-state index in [9.17, 15) is 9.59 Å². The van der Waals surface area contributed by atoms with E-state index in [0.717, 1.165) is 24.2 Å². The first-order valence-electron chi connectivity index (χ1n) is 7.47. The zero-order valence-corrected chi connectivity index (χ0v) is 13.6. The molecule has 5 heteroatoms. The van der Waals surface area contributed by atoms with E-state index in [4.69, 9.17) is 11.6 Å². The van der Waals surface area contributed by atoms with Crippen molar-refractivity contribution >= 4 is 29.1 Å². The van der Waals surface area contributed by atoms with Crippen molar-refractivity contribution in [2.24, 2.45) is 0 Å². The standard InChI is InChI=1S/C18H17ClN2O2/c1-12(22)21-9-8-14-10-17(7-4-15(14)11-21)20-18(23)13-2-5-16(19)6-3-13/h2-7,10H,8-9,11H2,1H3,(H,20,23). The third-order valence-corrected chi connectivity index (χ3v) is 4.28. The van der Waals surface area contributed by atoms with Crippen LogP contribution in [0.3, 0.4) is 0 Å². The smallest absolute Gasteiger partial charge is 0.255 e. The average Bonchev–Trinajstić information content (AvgIpc) is 2.54. The van der Waals surface area contributed by atoms with Crippen molar-refractivity contribution in [2.75, 3.05) is 11.9 Å². The lowest BCUT2D eigenvalue weighted by Gasteiger charge is -2.28. The molecule has 0 aliphatic carbocycles. The molecule has 2 aromatic rings. The van der Waals surface area contributed by atoms with Gasteiger partial charge in [0.05, 0.1) is 0 Å². The molecule has 1 aliphatic heterocycles. The molecular formula is C18H17ClN2O2. The van der Waals surface area contributed by atoms with Crippen LogP contribution in [-0.2, 0) is 17.8 Å². The quantitative estimate of drug-likeness (QED) is 0.917. The van der Waals surface area contributed by atoms with Crippen LogP contribution < -0.4 is 5.32 Å². The van der Waals surface area contributed by atoms with Crippen molar-refractivity contribution < 1.29 is 9.59 Å². The molecule has 0 atom stereocenters. The summed E-state index contributed by atoms with van der Waals surface area (Å²) >= 11 is 5.83. The maximum atomic E-state index is 12.2. The summed E-state index contributed by atoms with van der Waals surface area (Å²) in [5.41, 5.74) is 3.64. The van der Waals surface area contributed by atoms with E-state index in [1.54, 1.807) is 31.2 Å². The van der Waals surface area contributed by atoms with Crippen LogP contribution in [0, 0.1) is 0 Å². The highest BCUT2D eigenvalue weighted by atomic mass is 35.5. The summed E-state index contributed by atoms with van der Waals surface area (Å²) in [4.78, 5) is 25.5. The number of carbonyl (C=O) groups is 2. The lowest BCUT2D eigenvalue weighted by Crippen LogP contribution is -2.34. The molecule has 23 heavy (non-hydrogen) atoms. The van der Waals surface area contributed by atoms with Crippen LogP contribution in [0.4, 0.5) is 5.69 Å². The second kappa shape index (κ2) is 6.42. The van der Waals surface area contributed by atoms with Gasteiger partial charge in [-0.2, -0.15) is 0 Å². The van der Waals surface area contributed by atoms with E-state index in [0.29, 0.717) is 17.1 Å². The number of anilines is 1. The molecule has 4 nitrogen and oxygen atoms in total. The van der Waals surface area contributed by atoms with E-state index in [1.165, 1.54) is 5.56 Å². The first kappa shape index (κ1) is 15.6. The summed E-state index contributed by atoms with van der Waals surface area (Å²) in [6.45, 7) is 2.94. The Labute approximate surface area is 140 Å². The van der Waals surface area contributed by atoms with Crippen LogP contribution in [0.5, 0.6) is 0 Å². The molecule has 0 fully saturated rings. The summed E-state index contributed by atoms with van der Waals surface area (Å²) in [5.74, 6) is -0.0708. The van der Waals surface area contributed by atoms with Crippen LogP contribution in [0.25, 0.3) is 0 Å². The van der Waals surface area contributed by atoms with Crippen molar-refractivity contribution in [3.05, 3.63) is 64.2 Å². The number of hydrogen-bond donors (Lipinski definition) is 1. The number of halogens is 1. The highest BCUT2D eigenvalue weighted by Gasteiger charge is 2.18. The number of fused-ring (bicyclic) bond motifs is 1. The number of hydrogen-bond acceptors (Lipinski definition) is 2. The highest BCUT2D eigenvalue weighted by molar-refractivity contribution is 6.30. The zero-order valence-electron chi connectivity index (χ0n) is 12.8. The average molecular weight is 329 g/mol. The van der Waals surface area contributed by atoms with Gasteiger partial charge in [-0.15, -0.1) is 0 Å². The highest BCUT2D eigenvalue weighted by Crippen LogP contribution is 2.23. The Morgan fingerprint density at radius 1 is 1.09 bits per heavy atom. The molecule has 0 radical (unpaired) electrons. The number of rotatable bonds is 2. The molecule has 118 valence electrons. The van der Waals surface area contributed by atoms with Crippen LogP contribution >= 0.6 is 11.6 Å². The normalized spacial score (nSPS) is 13.4. The maximum Gasteiger partial charge on any atom is 0.255 e. The van der Waals surface area contributed by atoms with Crippen LogP contribution in [-0.4, -0.2) is 23.3 Å². The van der Waals surface area contributed by atoms with E-state index >= 15 is 0 Å². The Balaban J connectivity index is 1.74. The van der Waals surface area contributed by atoms with E-state index < -0.39 is 0 Å². The minimum absolute atomic E-state index is 0.0933. The van der Waals surface area contributed by atoms with E-state index in [-0.39, 0.29) is 11.8 Å². The third kappa shape index (κ3) is 3.54. The fraction of sp³-hybridized carbons (Fsp3) is 0.222. The molecule has 0 saturated carbocycles. The summed E-state index contributed by atoms with van der Waals surface area (Å²) in [5, 5.41) is 3.50. The second-order valence-electron chi connectivity index (χ2n) is 5.64. The summed E-state index contributed by atoms with van der Waals surface area (Å²) in [7, 11) is 0. The molecule has 1 heterocycles. The molecule has 2 aromatic carbocycles. The molecule has 1 N–H and O–H groups in total. The number of carbonyl (C=O) groups excluding carboxylic acids is 2. The van der Waals surface area contributed by atoms with Gasteiger partial charge in [-0.05, 0) is 53.9 Å². The van der Waals surface area contributed by atoms with Gasteiger partial charge >= 0.3 is 0 Å². The Morgan fingerprint density at radius 2 is 1.83 bits per heavy atom. The van der Waals surface area contributed by atoms with Gasteiger partial charge in [0.25, 0.3) is 5.91 Å². The largest absolute Gasteiger partial charge is 0.338 e. The molecule has 0 aromatic heterocycles. The number of nitrogens with zero attached hydrogens (tertiary/aromatic N) is 1. The predicted molar refractivity (Wildman–Crippen MR) is 90.6 cm³/mol. The Hall–Kier alpha value is -2.33. The van der Waals surface area contributed by atoms with Gasteiger partial charge in [0.2, 0.25) is 5.91 Å². The van der Waals surface area contributed by atoms with Crippen molar-refractivity contribution in [1.29, 1.82) is 0 Å². The third-order valence-electron chi connectivity index (χ3n) is 4.03. The van der Waals surface area contributed by atoms with Crippen molar-refractivity contribution in [3.8, 4) is 0 Å². The first-order valence-corrected chi connectivity index (χ1v) is 7.85. The zero-order chi connectivity index (χ0) is 16.4. The number of nitrogens with one attached hydrogen (secondary N) is 1. The SMILES string of the molecule is CC(=O)N1CCc2cc(NC(=O)c3ccc(Cl)cc3)ccc2C1. The van der Waals surface area contributed by atoms with Crippen molar-refractivity contribution in [1.82, 2.24) is 4.90 Å². The minimum Gasteiger partial charge on any atom is -0.338 e. The summed E-state index contributed by atoms with van der Waals surface area (Å²) in [6.07, 6.45) is 0.805. The van der Waals surface area contributed by atoms with E-state index in [1.807, 2.05) is 23.1 Å². The minimum atomic E-state index is -0.164. The van der Waals surface area contributed by atoms with Gasteiger partial charge in [0, 0.05) is 36.3 Å². The van der Waals surface area contributed by atoms with Gasteiger partial charge in [-0.25, -0.2) is 0 Å². The molecule has 0 spiro atoms. The Kier molecular flexibility index (Phi) is 4.35. The van der Waals surface area contributed by atoms with Crippen molar-refractivity contribution in [3.63, 3.8) is 0 Å². The summed E-state index contributed by atoms with van der Waals surface area (Å²) in [6, 6.07) is 12.6. The molecule has 0 saturated heterocycles. The molecule has 2 amide bonds. The molecular weight excluding hydrogens is 312 g/mol. The predicted octanol–water partition coefficient (Wildman–Crippen LogP) is 3.50. The molecule has 0 bridgehead atoms. The number of amides is 2. The van der Waals surface area contributed by atoms with Crippen LogP contribution in [0.2, 0.25) is 5.02 Å². The topological polar surface area (TPSA) is 49.4 Å². The second-order valence-corrected chi connectivity index (χ2v) is 6.07. The molecule has 1 aliphatic rings. The molecule has 0 unspecified atom stereocenters. The van der Waals surface area contributed by atoms with Gasteiger partial charge in [-0.1, -0.05) is 17.7 Å². The van der Waals surface area contributed by atoms with Crippen LogP contribution in [0.1, 0.15) is 28.4 Å². The van der Waals surface area contributed by atoms with E-state index in [2.05, 4.69) is 5.32 Å². The fourth-order valence-electron chi connectivity index (χ4n) is 2.70. The fourth-order valence-corrected chi connectivity index (χ4v) is 2.83. The summed E-state index contributed by atoms with van der Waals surface area (Å²) < 4.78 is 0. The monoisotopic (exact) mass is 328 g/mol. The van der Waals surface area contributed by atoms with Gasteiger partial charge < -0.3 is 10.2 Å². The van der Waals surface area contributed by atoms with Crippen molar-refractivity contribution in [2.45, 2.75) is 19.9 Å². The first-order chi connectivity index (χ1) is 11.0. The van der Waals surface area contributed by atoms with Gasteiger partial charge in [0.1, 0.15) is 0 Å². The Bertz CT molecular complexity index is 756. The lowest BCUT2D eigenvalue weighted by molar-refractivity contribution is -0.129. The number of benzene rings is 2. The Morgan fingerprint density at radius 3 is 2.52 bits per heavy atom. The van der Waals surface area contributed by atoms with Gasteiger partial charge in [0.15, 0.2) is 0 Å².